The van der Waals surface area contributed by atoms with Gasteiger partial charge in [0.1, 0.15) is 4.60 Å². The van der Waals surface area contributed by atoms with Gasteiger partial charge in [0.15, 0.2) is 11.5 Å². The molecule has 7 heteroatoms. The van der Waals surface area contributed by atoms with Gasteiger partial charge in [-0.25, -0.2) is 9.37 Å². The van der Waals surface area contributed by atoms with E-state index in [0.29, 0.717) is 16.3 Å². The summed E-state index contributed by atoms with van der Waals surface area (Å²) in [6.07, 6.45) is 6.72. The van der Waals surface area contributed by atoms with E-state index in [1.165, 1.54) is 18.6 Å². The minimum atomic E-state index is -0.660. The highest BCUT2D eigenvalue weighted by Crippen LogP contribution is 2.38. The lowest BCUT2D eigenvalue weighted by Gasteiger charge is -2.45. The monoisotopic (exact) mass is 434 g/mol. The molecule has 0 bridgehead atoms. The fraction of sp³-hybridized carbons (Fsp3) is 0.450. The molecule has 0 saturated carbocycles. The zero-order chi connectivity index (χ0) is 19.6. The van der Waals surface area contributed by atoms with Crippen LogP contribution in [0.5, 0.6) is 0 Å². The molecule has 0 radical (unpaired) electrons. The molecular weight excluding hydrogens is 411 g/mol. The van der Waals surface area contributed by atoms with E-state index in [-0.39, 0.29) is 11.1 Å². The summed E-state index contributed by atoms with van der Waals surface area (Å²) in [7, 11) is 0. The third-order valence-electron chi connectivity index (χ3n) is 4.89. The fourth-order valence-electron chi connectivity index (χ4n) is 3.61. The summed E-state index contributed by atoms with van der Waals surface area (Å²) in [5, 5.41) is 2.80. The molecule has 0 aliphatic carbocycles. The van der Waals surface area contributed by atoms with Crippen LogP contribution in [0.2, 0.25) is 0 Å². The molecule has 1 atom stereocenters. The summed E-state index contributed by atoms with van der Waals surface area (Å²) in [4.78, 5) is 23.1. The molecule has 5 nitrogen and oxygen atoms in total. The van der Waals surface area contributed by atoms with E-state index in [0.717, 1.165) is 25.1 Å². The normalized spacial score (nSPS) is 17.7. The summed E-state index contributed by atoms with van der Waals surface area (Å²) in [5.41, 5.74) is 1.33. The number of nitrogens with one attached hydrogen (secondary N) is 1. The Hall–Kier alpha value is -2.02. The SMILES string of the molecule is CC(C)(C)[C@@H]1CCCCN1c1ccncc1NC(=O)c1nc(Br)ccc1F. The lowest BCUT2D eigenvalue weighted by atomic mass is 9.80. The van der Waals surface area contributed by atoms with Crippen molar-refractivity contribution in [2.45, 2.75) is 46.1 Å². The van der Waals surface area contributed by atoms with Crippen LogP contribution in [-0.4, -0.2) is 28.5 Å². The zero-order valence-electron chi connectivity index (χ0n) is 15.8. The van der Waals surface area contributed by atoms with Gasteiger partial charge < -0.3 is 10.2 Å². The van der Waals surface area contributed by atoms with Crippen LogP contribution in [0.15, 0.2) is 35.2 Å². The van der Waals surface area contributed by atoms with E-state index in [2.05, 4.69) is 56.9 Å². The van der Waals surface area contributed by atoms with E-state index in [4.69, 9.17) is 0 Å². The number of carbonyl (C=O) groups excluding carboxylic acids is 1. The summed E-state index contributed by atoms with van der Waals surface area (Å²) in [5.74, 6) is -1.25. The van der Waals surface area contributed by atoms with Crippen molar-refractivity contribution in [1.29, 1.82) is 0 Å². The fourth-order valence-corrected chi connectivity index (χ4v) is 3.92. The third-order valence-corrected chi connectivity index (χ3v) is 5.33. The molecule has 1 amide bonds. The first-order valence-electron chi connectivity index (χ1n) is 9.11. The van der Waals surface area contributed by atoms with E-state index in [1.807, 2.05) is 6.07 Å². The molecule has 1 saturated heterocycles. The highest BCUT2D eigenvalue weighted by Gasteiger charge is 2.33. The van der Waals surface area contributed by atoms with Crippen molar-refractivity contribution in [3.05, 3.63) is 46.7 Å². The summed E-state index contributed by atoms with van der Waals surface area (Å²) >= 11 is 3.18. The molecule has 0 unspecified atom stereocenters. The number of halogens is 2. The number of aromatic nitrogens is 2. The van der Waals surface area contributed by atoms with Crippen LogP contribution in [0.25, 0.3) is 0 Å². The van der Waals surface area contributed by atoms with Crippen molar-refractivity contribution in [2.24, 2.45) is 5.41 Å². The molecule has 1 N–H and O–H groups in total. The summed E-state index contributed by atoms with van der Waals surface area (Å²) in [6.45, 7) is 7.61. The zero-order valence-corrected chi connectivity index (χ0v) is 17.4. The first-order chi connectivity index (χ1) is 12.8. The summed E-state index contributed by atoms with van der Waals surface area (Å²) in [6, 6.07) is 4.94. The Morgan fingerprint density at radius 1 is 1.30 bits per heavy atom. The average molecular weight is 435 g/mol. The van der Waals surface area contributed by atoms with E-state index in [9.17, 15) is 9.18 Å². The average Bonchev–Trinajstić information content (AvgIpc) is 2.63. The Balaban J connectivity index is 1.92. The standard InChI is InChI=1S/C20H24BrFN4O/c1-20(2,3)16-6-4-5-11-26(16)15-9-10-23-12-14(15)24-19(27)18-13(22)7-8-17(21)25-18/h7-10,12,16H,4-6,11H2,1-3H3,(H,24,27)/t16-/m0/s1. The molecule has 27 heavy (non-hydrogen) atoms. The lowest BCUT2D eigenvalue weighted by Crippen LogP contribution is -2.47. The minimum Gasteiger partial charge on any atom is -0.366 e. The molecule has 2 aromatic rings. The number of rotatable bonds is 3. The number of piperidine rings is 1. The maximum Gasteiger partial charge on any atom is 0.277 e. The summed E-state index contributed by atoms with van der Waals surface area (Å²) < 4.78 is 14.4. The largest absolute Gasteiger partial charge is 0.366 e. The number of pyridine rings is 2. The highest BCUT2D eigenvalue weighted by atomic mass is 79.9. The first-order valence-corrected chi connectivity index (χ1v) is 9.91. The van der Waals surface area contributed by atoms with E-state index in [1.54, 1.807) is 12.4 Å². The molecule has 1 aliphatic heterocycles. The van der Waals surface area contributed by atoms with Gasteiger partial charge in [0.25, 0.3) is 5.91 Å². The Morgan fingerprint density at radius 3 is 2.81 bits per heavy atom. The number of anilines is 2. The first kappa shape index (κ1) is 19.7. The van der Waals surface area contributed by atoms with Gasteiger partial charge in [-0.1, -0.05) is 20.8 Å². The number of hydrogen-bond acceptors (Lipinski definition) is 4. The number of amides is 1. The number of carbonyl (C=O) groups is 1. The molecule has 1 aliphatic rings. The second-order valence-electron chi connectivity index (χ2n) is 7.88. The van der Waals surface area contributed by atoms with Crippen molar-refractivity contribution < 1.29 is 9.18 Å². The second-order valence-corrected chi connectivity index (χ2v) is 8.69. The molecule has 0 spiro atoms. The van der Waals surface area contributed by atoms with Crippen LogP contribution < -0.4 is 10.2 Å². The van der Waals surface area contributed by atoms with Gasteiger partial charge in [0, 0.05) is 18.8 Å². The van der Waals surface area contributed by atoms with Crippen molar-refractivity contribution in [2.75, 3.05) is 16.8 Å². The van der Waals surface area contributed by atoms with Crippen LogP contribution in [-0.2, 0) is 0 Å². The van der Waals surface area contributed by atoms with E-state index >= 15 is 0 Å². The predicted molar refractivity (Wildman–Crippen MR) is 109 cm³/mol. The van der Waals surface area contributed by atoms with Crippen molar-refractivity contribution >= 4 is 33.2 Å². The van der Waals surface area contributed by atoms with E-state index < -0.39 is 11.7 Å². The van der Waals surface area contributed by atoms with Crippen LogP contribution in [0, 0.1) is 11.2 Å². The van der Waals surface area contributed by atoms with Gasteiger partial charge in [-0.05, 0) is 58.8 Å². The van der Waals surface area contributed by atoms with Crippen LogP contribution in [0.3, 0.4) is 0 Å². The Bertz CT molecular complexity index is 837. The Kier molecular flexibility index (Phi) is 5.79. The van der Waals surface area contributed by atoms with Crippen LogP contribution in [0.4, 0.5) is 15.8 Å². The minimum absolute atomic E-state index is 0.100. The van der Waals surface area contributed by atoms with Gasteiger partial charge in [0.05, 0.1) is 17.6 Å². The maximum atomic E-state index is 14.0. The van der Waals surface area contributed by atoms with Gasteiger partial charge in [-0.15, -0.1) is 0 Å². The van der Waals surface area contributed by atoms with Crippen LogP contribution in [0.1, 0.15) is 50.5 Å². The van der Waals surface area contributed by atoms with Crippen molar-refractivity contribution in [3.8, 4) is 0 Å². The highest BCUT2D eigenvalue weighted by molar-refractivity contribution is 9.10. The second kappa shape index (κ2) is 7.92. The molecule has 3 rings (SSSR count). The quantitative estimate of drug-likeness (QED) is 0.687. The molecule has 0 aromatic carbocycles. The number of nitrogens with zero attached hydrogens (tertiary/aromatic N) is 3. The topological polar surface area (TPSA) is 58.1 Å². The van der Waals surface area contributed by atoms with Crippen molar-refractivity contribution in [1.82, 2.24) is 9.97 Å². The molecule has 144 valence electrons. The third kappa shape index (κ3) is 4.46. The Morgan fingerprint density at radius 2 is 2.07 bits per heavy atom. The van der Waals surface area contributed by atoms with Gasteiger partial charge in [-0.3, -0.25) is 9.78 Å². The van der Waals surface area contributed by atoms with Gasteiger partial charge >= 0.3 is 0 Å². The Labute approximate surface area is 167 Å². The maximum absolute atomic E-state index is 14.0. The molecule has 2 aromatic heterocycles. The molecule has 1 fully saturated rings. The number of hydrogen-bond donors (Lipinski definition) is 1. The van der Waals surface area contributed by atoms with Gasteiger partial charge in [0.2, 0.25) is 0 Å². The van der Waals surface area contributed by atoms with Gasteiger partial charge in [-0.2, -0.15) is 0 Å². The smallest absolute Gasteiger partial charge is 0.277 e. The molecule has 3 heterocycles. The molecular formula is C20H24BrFN4O. The van der Waals surface area contributed by atoms with Crippen LogP contribution >= 0.6 is 15.9 Å². The predicted octanol–water partition coefficient (Wildman–Crippen LogP) is 5.04. The lowest BCUT2D eigenvalue weighted by molar-refractivity contribution is 0.101. The van der Waals surface area contributed by atoms with Crippen molar-refractivity contribution in [3.63, 3.8) is 0 Å².